The quantitative estimate of drug-likeness (QED) is 0.480. The third kappa shape index (κ3) is 5.81. The first-order valence-corrected chi connectivity index (χ1v) is 12.2. The van der Waals surface area contributed by atoms with E-state index in [9.17, 15) is 9.59 Å². The number of pyridine rings is 1. The zero-order valence-electron chi connectivity index (χ0n) is 20.4. The predicted octanol–water partition coefficient (Wildman–Crippen LogP) is 5.16. The summed E-state index contributed by atoms with van der Waals surface area (Å²) >= 11 is 0. The lowest BCUT2D eigenvalue weighted by molar-refractivity contribution is -0.114. The van der Waals surface area contributed by atoms with Gasteiger partial charge in [0.25, 0.3) is 5.91 Å². The van der Waals surface area contributed by atoms with Gasteiger partial charge in [0, 0.05) is 42.7 Å². The van der Waals surface area contributed by atoms with Crippen molar-refractivity contribution in [2.45, 2.75) is 52.5 Å². The van der Waals surface area contributed by atoms with Gasteiger partial charge in [0.15, 0.2) is 0 Å². The Bertz CT molecular complexity index is 1170. The summed E-state index contributed by atoms with van der Waals surface area (Å²) in [5.41, 5.74) is 4.88. The van der Waals surface area contributed by atoms with Crippen LogP contribution < -0.4 is 10.6 Å². The highest BCUT2D eigenvalue weighted by Crippen LogP contribution is 2.27. The molecule has 1 saturated heterocycles. The highest BCUT2D eigenvalue weighted by molar-refractivity contribution is 6.07. The van der Waals surface area contributed by atoms with Crippen LogP contribution in [0.4, 0.5) is 5.69 Å². The van der Waals surface area contributed by atoms with Gasteiger partial charge in [0.2, 0.25) is 5.91 Å². The number of carbonyl (C=O) groups is 2. The van der Waals surface area contributed by atoms with Gasteiger partial charge >= 0.3 is 0 Å². The van der Waals surface area contributed by atoms with E-state index in [-0.39, 0.29) is 11.8 Å². The van der Waals surface area contributed by atoms with Crippen LogP contribution in [0.5, 0.6) is 0 Å². The number of aryl methyl sites for hydroxylation is 1. The standard InChI is InChI=1S/C28H34N4O2/c1-19-8-13-26-24(17-19)25(28(34)29-14-6-16-32-15-5-4-7-20(32)2)18-27(31-26)22-9-11-23(12-10-22)30-21(3)33/h8-13,17-18,20H,4-7,14-16H2,1-3H3,(H,29,34)(H,30,33)/t20-/m0/s1. The monoisotopic (exact) mass is 458 g/mol. The fraction of sp³-hybridized carbons (Fsp3) is 0.393. The minimum Gasteiger partial charge on any atom is -0.352 e. The lowest BCUT2D eigenvalue weighted by Gasteiger charge is -2.33. The highest BCUT2D eigenvalue weighted by Gasteiger charge is 2.18. The van der Waals surface area contributed by atoms with Gasteiger partial charge in [-0.25, -0.2) is 4.98 Å². The number of nitrogens with one attached hydrogen (secondary N) is 2. The Morgan fingerprint density at radius 3 is 2.62 bits per heavy atom. The summed E-state index contributed by atoms with van der Waals surface area (Å²) < 4.78 is 0. The number of piperidine rings is 1. The fourth-order valence-electron chi connectivity index (χ4n) is 4.67. The third-order valence-corrected chi connectivity index (χ3v) is 6.56. The number of hydrogen-bond acceptors (Lipinski definition) is 4. The molecular formula is C28H34N4O2. The first-order valence-electron chi connectivity index (χ1n) is 12.2. The van der Waals surface area contributed by atoms with E-state index in [0.717, 1.165) is 52.9 Å². The Morgan fingerprint density at radius 1 is 1.09 bits per heavy atom. The molecule has 1 fully saturated rings. The second-order valence-corrected chi connectivity index (χ2v) is 9.32. The Labute approximate surface area is 201 Å². The van der Waals surface area contributed by atoms with Gasteiger partial charge in [0.1, 0.15) is 0 Å². The van der Waals surface area contributed by atoms with Gasteiger partial charge in [0.05, 0.1) is 16.8 Å². The van der Waals surface area contributed by atoms with Crippen LogP contribution in [0.1, 0.15) is 55.5 Å². The fourth-order valence-corrected chi connectivity index (χ4v) is 4.67. The molecule has 0 bridgehead atoms. The number of likely N-dealkylation sites (tertiary alicyclic amines) is 1. The lowest BCUT2D eigenvalue weighted by atomic mass is 10.0. The second-order valence-electron chi connectivity index (χ2n) is 9.32. The van der Waals surface area contributed by atoms with Crippen LogP contribution in [0.3, 0.4) is 0 Å². The molecule has 0 unspecified atom stereocenters. The molecule has 34 heavy (non-hydrogen) atoms. The molecule has 3 aromatic rings. The predicted molar refractivity (Wildman–Crippen MR) is 138 cm³/mol. The molecule has 2 N–H and O–H groups in total. The highest BCUT2D eigenvalue weighted by atomic mass is 16.2. The molecule has 0 saturated carbocycles. The Morgan fingerprint density at radius 2 is 1.88 bits per heavy atom. The zero-order valence-corrected chi connectivity index (χ0v) is 20.4. The van der Waals surface area contributed by atoms with Crippen molar-refractivity contribution in [3.05, 3.63) is 59.7 Å². The van der Waals surface area contributed by atoms with Crippen molar-refractivity contribution in [2.75, 3.05) is 25.0 Å². The first-order chi connectivity index (χ1) is 16.4. The average molecular weight is 459 g/mol. The van der Waals surface area contributed by atoms with E-state index in [4.69, 9.17) is 4.98 Å². The van der Waals surface area contributed by atoms with Crippen LogP contribution in [-0.2, 0) is 4.79 Å². The molecule has 2 amide bonds. The lowest BCUT2D eigenvalue weighted by Crippen LogP contribution is -2.39. The molecule has 1 aromatic heterocycles. The summed E-state index contributed by atoms with van der Waals surface area (Å²) in [6.07, 6.45) is 4.80. The third-order valence-electron chi connectivity index (χ3n) is 6.56. The number of fused-ring (bicyclic) bond motifs is 1. The van der Waals surface area contributed by atoms with Crippen molar-refractivity contribution >= 4 is 28.4 Å². The summed E-state index contributed by atoms with van der Waals surface area (Å²) in [6.45, 7) is 8.64. The summed E-state index contributed by atoms with van der Waals surface area (Å²) in [7, 11) is 0. The van der Waals surface area contributed by atoms with Crippen LogP contribution in [0.2, 0.25) is 0 Å². The normalized spacial score (nSPS) is 16.4. The van der Waals surface area contributed by atoms with E-state index in [1.165, 1.54) is 26.2 Å². The van der Waals surface area contributed by atoms with E-state index in [1.807, 2.05) is 55.5 Å². The molecule has 0 spiro atoms. The molecule has 6 heteroatoms. The van der Waals surface area contributed by atoms with Crippen molar-refractivity contribution in [1.29, 1.82) is 0 Å². The first kappa shape index (κ1) is 23.9. The van der Waals surface area contributed by atoms with Crippen LogP contribution in [0, 0.1) is 6.92 Å². The molecular weight excluding hydrogens is 424 g/mol. The van der Waals surface area contributed by atoms with Gasteiger partial charge in [-0.15, -0.1) is 0 Å². The SMILES string of the molecule is CC(=O)Nc1ccc(-c2cc(C(=O)NCCCN3CCCC[C@@H]3C)c3cc(C)ccc3n2)cc1. The topological polar surface area (TPSA) is 74.3 Å². The molecule has 6 nitrogen and oxygen atoms in total. The molecule has 4 rings (SSSR count). The molecule has 1 aliphatic rings. The largest absolute Gasteiger partial charge is 0.352 e. The number of rotatable bonds is 7. The maximum Gasteiger partial charge on any atom is 0.252 e. The Kier molecular flexibility index (Phi) is 7.58. The van der Waals surface area contributed by atoms with Crippen molar-refractivity contribution in [1.82, 2.24) is 15.2 Å². The van der Waals surface area contributed by atoms with Crippen molar-refractivity contribution in [3.8, 4) is 11.3 Å². The van der Waals surface area contributed by atoms with Crippen molar-refractivity contribution < 1.29 is 9.59 Å². The maximum atomic E-state index is 13.2. The van der Waals surface area contributed by atoms with E-state index >= 15 is 0 Å². The van der Waals surface area contributed by atoms with Crippen molar-refractivity contribution in [2.24, 2.45) is 0 Å². The number of nitrogens with zero attached hydrogens (tertiary/aromatic N) is 2. The summed E-state index contributed by atoms with van der Waals surface area (Å²) in [4.78, 5) is 31.9. The average Bonchev–Trinajstić information content (AvgIpc) is 2.82. The summed E-state index contributed by atoms with van der Waals surface area (Å²) in [5.74, 6) is -0.179. The molecule has 2 aromatic carbocycles. The minimum atomic E-state index is -0.111. The van der Waals surface area contributed by atoms with Crippen LogP contribution in [0.25, 0.3) is 22.2 Å². The maximum absolute atomic E-state index is 13.2. The van der Waals surface area contributed by atoms with Crippen LogP contribution in [-0.4, -0.2) is 47.4 Å². The second kappa shape index (κ2) is 10.8. The van der Waals surface area contributed by atoms with Gasteiger partial charge in [-0.1, -0.05) is 30.2 Å². The minimum absolute atomic E-state index is 0.0687. The molecule has 1 atom stereocenters. The summed E-state index contributed by atoms with van der Waals surface area (Å²) in [6, 6.07) is 16.0. The molecule has 2 heterocycles. The zero-order chi connectivity index (χ0) is 24.1. The van der Waals surface area contributed by atoms with Crippen molar-refractivity contribution in [3.63, 3.8) is 0 Å². The van der Waals surface area contributed by atoms with Gasteiger partial charge in [-0.3, -0.25) is 9.59 Å². The van der Waals surface area contributed by atoms with Gasteiger partial charge in [-0.2, -0.15) is 0 Å². The van der Waals surface area contributed by atoms with Gasteiger partial charge in [-0.05, 0) is 70.0 Å². The smallest absolute Gasteiger partial charge is 0.252 e. The number of aromatic nitrogens is 1. The van der Waals surface area contributed by atoms with Crippen LogP contribution >= 0.6 is 0 Å². The summed E-state index contributed by atoms with van der Waals surface area (Å²) in [5, 5.41) is 6.77. The van der Waals surface area contributed by atoms with Crippen LogP contribution in [0.15, 0.2) is 48.5 Å². The molecule has 1 aliphatic heterocycles. The number of hydrogen-bond donors (Lipinski definition) is 2. The number of carbonyl (C=O) groups excluding carboxylic acids is 2. The molecule has 178 valence electrons. The van der Waals surface area contributed by atoms with E-state index in [0.29, 0.717) is 18.2 Å². The molecule has 0 aliphatic carbocycles. The number of anilines is 1. The van der Waals surface area contributed by atoms with E-state index in [2.05, 4.69) is 22.5 Å². The Hall–Kier alpha value is -3.25. The molecule has 0 radical (unpaired) electrons. The van der Waals surface area contributed by atoms with E-state index < -0.39 is 0 Å². The van der Waals surface area contributed by atoms with Gasteiger partial charge < -0.3 is 15.5 Å². The van der Waals surface area contributed by atoms with E-state index in [1.54, 1.807) is 0 Å². The Balaban J connectivity index is 1.52. The number of benzene rings is 2. The number of amides is 2.